The third-order valence-electron chi connectivity index (χ3n) is 2.46. The van der Waals surface area contributed by atoms with Gasteiger partial charge in [0, 0.05) is 0 Å². The lowest BCUT2D eigenvalue weighted by Gasteiger charge is -2.06. The molecule has 0 saturated carbocycles. The summed E-state index contributed by atoms with van der Waals surface area (Å²) >= 11 is 0. The Morgan fingerprint density at radius 2 is 2.06 bits per heavy atom. The van der Waals surface area contributed by atoms with E-state index in [1.54, 1.807) is 16.7 Å². The molecule has 4 heteroatoms. The molecule has 0 saturated heterocycles. The normalized spacial score (nSPS) is 10.0. The number of aromatic hydroxyl groups is 1. The minimum Gasteiger partial charge on any atom is -0.493 e. The van der Waals surface area contributed by atoms with Gasteiger partial charge in [-0.25, -0.2) is 4.98 Å². The van der Waals surface area contributed by atoms with Crippen molar-refractivity contribution in [3.8, 4) is 11.9 Å². The Morgan fingerprint density at radius 3 is 2.56 bits per heavy atom. The van der Waals surface area contributed by atoms with E-state index in [-0.39, 0.29) is 5.88 Å². The molecular weight excluding hydrogens is 202 g/mol. The van der Waals surface area contributed by atoms with Crippen LogP contribution in [0, 0.1) is 18.3 Å². The highest BCUT2D eigenvalue weighted by molar-refractivity contribution is 5.32. The van der Waals surface area contributed by atoms with Crippen LogP contribution in [0.1, 0.15) is 17.0 Å². The fraction of sp³-hybridized carbons (Fsp3) is 0.167. The molecule has 0 aliphatic carbocycles. The maximum Gasteiger partial charge on any atom is 0.211 e. The molecule has 1 heterocycles. The number of nitriles is 1. The van der Waals surface area contributed by atoms with Crippen LogP contribution in [0.2, 0.25) is 0 Å². The minimum atomic E-state index is 0.154. The Labute approximate surface area is 93.4 Å². The van der Waals surface area contributed by atoms with Crippen LogP contribution >= 0.6 is 0 Å². The molecule has 16 heavy (non-hydrogen) atoms. The van der Waals surface area contributed by atoms with Gasteiger partial charge in [-0.05, 0) is 24.6 Å². The molecule has 0 amide bonds. The molecule has 1 aromatic carbocycles. The standard InChI is InChI=1S/C12H11N3O/c1-9-14-7-12(16)15(9)8-11-4-2-10(6-13)3-5-11/h2-5,7,16H,8H2,1H3. The second-order valence-electron chi connectivity index (χ2n) is 3.56. The van der Waals surface area contributed by atoms with Gasteiger partial charge in [0.25, 0.3) is 0 Å². The highest BCUT2D eigenvalue weighted by Crippen LogP contribution is 2.14. The average molecular weight is 213 g/mol. The number of nitrogens with zero attached hydrogens (tertiary/aromatic N) is 3. The summed E-state index contributed by atoms with van der Waals surface area (Å²) in [4.78, 5) is 4.01. The van der Waals surface area contributed by atoms with Gasteiger partial charge in [-0.15, -0.1) is 0 Å². The van der Waals surface area contributed by atoms with Gasteiger partial charge in [0.05, 0.1) is 24.4 Å². The van der Waals surface area contributed by atoms with Crippen molar-refractivity contribution >= 4 is 0 Å². The van der Waals surface area contributed by atoms with Crippen LogP contribution in [0.5, 0.6) is 5.88 Å². The molecule has 0 bridgehead atoms. The zero-order valence-electron chi connectivity index (χ0n) is 8.88. The lowest BCUT2D eigenvalue weighted by molar-refractivity contribution is 0.422. The smallest absolute Gasteiger partial charge is 0.211 e. The summed E-state index contributed by atoms with van der Waals surface area (Å²) in [5, 5.41) is 18.2. The highest BCUT2D eigenvalue weighted by Gasteiger charge is 2.05. The molecule has 0 aliphatic rings. The summed E-state index contributed by atoms with van der Waals surface area (Å²) in [5.74, 6) is 0.920. The van der Waals surface area contributed by atoms with E-state index in [0.717, 1.165) is 11.4 Å². The van der Waals surface area contributed by atoms with E-state index >= 15 is 0 Å². The van der Waals surface area contributed by atoms with Crippen molar-refractivity contribution < 1.29 is 5.11 Å². The number of hydrogen-bond acceptors (Lipinski definition) is 3. The Hall–Kier alpha value is -2.28. The van der Waals surface area contributed by atoms with Crippen LogP contribution in [0.3, 0.4) is 0 Å². The van der Waals surface area contributed by atoms with Gasteiger partial charge in [-0.1, -0.05) is 12.1 Å². The quantitative estimate of drug-likeness (QED) is 0.827. The Morgan fingerprint density at radius 1 is 1.38 bits per heavy atom. The number of aryl methyl sites for hydroxylation is 1. The maximum absolute atomic E-state index is 9.54. The molecule has 0 radical (unpaired) electrons. The largest absolute Gasteiger partial charge is 0.493 e. The number of imidazole rings is 1. The number of hydrogen-bond donors (Lipinski definition) is 1. The van der Waals surface area contributed by atoms with E-state index in [4.69, 9.17) is 5.26 Å². The Balaban J connectivity index is 2.25. The Kier molecular flexibility index (Phi) is 2.61. The van der Waals surface area contributed by atoms with Crippen molar-refractivity contribution in [1.29, 1.82) is 5.26 Å². The van der Waals surface area contributed by atoms with Gasteiger partial charge in [0.2, 0.25) is 5.88 Å². The van der Waals surface area contributed by atoms with Crippen molar-refractivity contribution in [3.05, 3.63) is 47.4 Å². The second-order valence-corrected chi connectivity index (χ2v) is 3.56. The van der Waals surface area contributed by atoms with Gasteiger partial charge >= 0.3 is 0 Å². The van der Waals surface area contributed by atoms with Crippen LogP contribution in [0.25, 0.3) is 0 Å². The number of aromatic nitrogens is 2. The van der Waals surface area contributed by atoms with Crippen molar-refractivity contribution in [2.45, 2.75) is 13.5 Å². The summed E-state index contributed by atoms with van der Waals surface area (Å²) in [6.45, 7) is 2.40. The third kappa shape index (κ3) is 1.89. The highest BCUT2D eigenvalue weighted by atomic mass is 16.3. The zero-order valence-corrected chi connectivity index (χ0v) is 8.88. The topological polar surface area (TPSA) is 61.8 Å². The Bertz CT molecular complexity index is 515. The summed E-state index contributed by atoms with van der Waals surface area (Å²) in [7, 11) is 0. The van der Waals surface area contributed by atoms with Crippen LogP contribution in [0.4, 0.5) is 0 Å². The van der Waals surface area contributed by atoms with Crippen LogP contribution in [0.15, 0.2) is 30.5 Å². The molecule has 0 atom stereocenters. The molecule has 4 nitrogen and oxygen atoms in total. The summed E-state index contributed by atoms with van der Waals surface area (Å²) < 4.78 is 1.71. The molecule has 2 rings (SSSR count). The van der Waals surface area contributed by atoms with Crippen LogP contribution < -0.4 is 0 Å². The van der Waals surface area contributed by atoms with Gasteiger partial charge in [-0.2, -0.15) is 5.26 Å². The fourth-order valence-electron chi connectivity index (χ4n) is 1.52. The van der Waals surface area contributed by atoms with Gasteiger partial charge in [-0.3, -0.25) is 4.57 Å². The fourth-order valence-corrected chi connectivity index (χ4v) is 1.52. The van der Waals surface area contributed by atoms with E-state index in [9.17, 15) is 5.11 Å². The average Bonchev–Trinajstić information content (AvgIpc) is 2.62. The molecule has 0 fully saturated rings. The predicted molar refractivity (Wildman–Crippen MR) is 58.9 cm³/mol. The first-order valence-corrected chi connectivity index (χ1v) is 4.91. The lowest BCUT2D eigenvalue weighted by Crippen LogP contribution is -2.01. The molecule has 0 aliphatic heterocycles. The van der Waals surface area contributed by atoms with Crippen LogP contribution in [-0.4, -0.2) is 14.7 Å². The first-order valence-electron chi connectivity index (χ1n) is 4.91. The SMILES string of the molecule is Cc1ncc(O)n1Cc1ccc(C#N)cc1. The van der Waals surface area contributed by atoms with Gasteiger partial charge < -0.3 is 5.11 Å². The molecule has 0 unspecified atom stereocenters. The molecule has 1 aromatic heterocycles. The predicted octanol–water partition coefficient (Wildman–Crippen LogP) is 1.82. The summed E-state index contributed by atoms with van der Waals surface area (Å²) in [5.41, 5.74) is 1.66. The minimum absolute atomic E-state index is 0.154. The lowest BCUT2D eigenvalue weighted by atomic mass is 10.1. The van der Waals surface area contributed by atoms with Gasteiger partial charge in [0.15, 0.2) is 0 Å². The van der Waals surface area contributed by atoms with E-state index < -0.39 is 0 Å². The second kappa shape index (κ2) is 4.07. The van der Waals surface area contributed by atoms with E-state index in [0.29, 0.717) is 12.1 Å². The maximum atomic E-state index is 9.54. The van der Waals surface area contributed by atoms with E-state index in [2.05, 4.69) is 11.1 Å². The molecule has 1 N–H and O–H groups in total. The molecule has 80 valence electrons. The summed E-state index contributed by atoms with van der Waals surface area (Å²) in [6.07, 6.45) is 1.43. The third-order valence-corrected chi connectivity index (χ3v) is 2.46. The van der Waals surface area contributed by atoms with Crippen molar-refractivity contribution in [3.63, 3.8) is 0 Å². The van der Waals surface area contributed by atoms with Gasteiger partial charge in [0.1, 0.15) is 5.82 Å². The van der Waals surface area contributed by atoms with Crippen molar-refractivity contribution in [1.82, 2.24) is 9.55 Å². The number of benzene rings is 1. The number of rotatable bonds is 2. The molecule has 2 aromatic rings. The molecule has 0 spiro atoms. The van der Waals surface area contributed by atoms with E-state index in [1.807, 2.05) is 19.1 Å². The molecular formula is C12H11N3O. The summed E-state index contributed by atoms with van der Waals surface area (Å²) in [6, 6.07) is 9.34. The first-order chi connectivity index (χ1) is 7.70. The van der Waals surface area contributed by atoms with Crippen LogP contribution in [-0.2, 0) is 6.54 Å². The van der Waals surface area contributed by atoms with E-state index in [1.165, 1.54) is 6.20 Å². The zero-order chi connectivity index (χ0) is 11.5. The monoisotopic (exact) mass is 213 g/mol. The van der Waals surface area contributed by atoms with Crippen molar-refractivity contribution in [2.24, 2.45) is 0 Å². The van der Waals surface area contributed by atoms with Crippen molar-refractivity contribution in [2.75, 3.05) is 0 Å². The first kappa shape index (κ1) is 10.2.